The smallest absolute Gasteiger partial charge is 0.248 e. The molecule has 3 nitrogen and oxygen atoms in total. The van der Waals surface area contributed by atoms with E-state index in [1.165, 1.54) is 32.1 Å². The Kier molecular flexibility index (Phi) is 5.16. The summed E-state index contributed by atoms with van der Waals surface area (Å²) in [5.41, 5.74) is 1.53. The second-order valence-electron chi connectivity index (χ2n) is 5.10. The lowest BCUT2D eigenvalue weighted by Gasteiger charge is -2.17. The van der Waals surface area contributed by atoms with Crippen LogP contribution in [0, 0.1) is 5.92 Å². The standard InChI is InChI=1S/C16H21NO2/c18-12-14-7-4-8-15(11-14)17-16(19)10-9-13-5-2-1-3-6-13/h4,7-11,13,18H,1-3,5-6,12H2,(H,17,19)/b10-9+. The number of anilines is 1. The van der Waals surface area contributed by atoms with E-state index in [4.69, 9.17) is 5.11 Å². The van der Waals surface area contributed by atoms with Gasteiger partial charge >= 0.3 is 0 Å². The van der Waals surface area contributed by atoms with Crippen molar-refractivity contribution in [2.24, 2.45) is 5.92 Å². The SMILES string of the molecule is O=C(/C=C/C1CCCCC1)Nc1cccc(CO)c1. The van der Waals surface area contributed by atoms with Crippen molar-refractivity contribution in [1.29, 1.82) is 0 Å². The lowest BCUT2D eigenvalue weighted by molar-refractivity contribution is -0.111. The number of carbonyl (C=O) groups is 1. The fourth-order valence-corrected chi connectivity index (χ4v) is 2.48. The minimum atomic E-state index is -0.0966. The van der Waals surface area contributed by atoms with Crippen LogP contribution in [0.5, 0.6) is 0 Å². The van der Waals surface area contributed by atoms with Gasteiger partial charge in [0, 0.05) is 5.69 Å². The molecule has 1 saturated carbocycles. The van der Waals surface area contributed by atoms with E-state index in [0.29, 0.717) is 5.92 Å². The van der Waals surface area contributed by atoms with E-state index in [2.05, 4.69) is 5.32 Å². The number of hydrogen-bond donors (Lipinski definition) is 2. The van der Waals surface area contributed by atoms with Gasteiger partial charge in [0.15, 0.2) is 0 Å². The van der Waals surface area contributed by atoms with E-state index >= 15 is 0 Å². The quantitative estimate of drug-likeness (QED) is 0.815. The number of aliphatic hydroxyl groups excluding tert-OH is 1. The Hall–Kier alpha value is -1.61. The molecule has 1 aromatic carbocycles. The predicted octanol–water partition coefficient (Wildman–Crippen LogP) is 3.25. The second-order valence-corrected chi connectivity index (χ2v) is 5.10. The van der Waals surface area contributed by atoms with Crippen molar-refractivity contribution in [2.75, 3.05) is 5.32 Å². The van der Waals surface area contributed by atoms with Gasteiger partial charge < -0.3 is 10.4 Å². The lowest BCUT2D eigenvalue weighted by Crippen LogP contribution is -2.10. The van der Waals surface area contributed by atoms with E-state index in [1.807, 2.05) is 24.3 Å². The average Bonchev–Trinajstić information content (AvgIpc) is 2.46. The summed E-state index contributed by atoms with van der Waals surface area (Å²) in [6.45, 7) is -0.0123. The zero-order valence-corrected chi connectivity index (χ0v) is 11.1. The summed E-state index contributed by atoms with van der Waals surface area (Å²) in [5.74, 6) is 0.462. The predicted molar refractivity (Wildman–Crippen MR) is 76.7 cm³/mol. The Morgan fingerprint density at radius 3 is 2.84 bits per heavy atom. The molecule has 3 heteroatoms. The molecule has 0 aliphatic heterocycles. The maximum absolute atomic E-state index is 11.8. The van der Waals surface area contributed by atoms with Gasteiger partial charge in [-0.05, 0) is 42.5 Å². The first-order valence-corrected chi connectivity index (χ1v) is 6.97. The fourth-order valence-electron chi connectivity index (χ4n) is 2.48. The summed E-state index contributed by atoms with van der Waals surface area (Å²) in [6, 6.07) is 7.26. The number of allylic oxidation sites excluding steroid dienone is 1. The van der Waals surface area contributed by atoms with Crippen LogP contribution >= 0.6 is 0 Å². The Bertz CT molecular complexity index is 448. The second kappa shape index (κ2) is 7.10. The number of nitrogens with one attached hydrogen (secondary N) is 1. The molecule has 0 bridgehead atoms. The van der Waals surface area contributed by atoms with Gasteiger partial charge in [-0.3, -0.25) is 4.79 Å². The molecular weight excluding hydrogens is 238 g/mol. The first kappa shape index (κ1) is 13.8. The largest absolute Gasteiger partial charge is 0.392 e. The van der Waals surface area contributed by atoms with E-state index < -0.39 is 0 Å². The zero-order valence-electron chi connectivity index (χ0n) is 11.1. The van der Waals surface area contributed by atoms with Crippen LogP contribution in [-0.4, -0.2) is 11.0 Å². The van der Waals surface area contributed by atoms with Crippen LogP contribution in [0.2, 0.25) is 0 Å². The van der Waals surface area contributed by atoms with Gasteiger partial charge in [-0.2, -0.15) is 0 Å². The number of hydrogen-bond acceptors (Lipinski definition) is 2. The summed E-state index contributed by atoms with van der Waals surface area (Å²) in [4.78, 5) is 11.8. The molecular formula is C16H21NO2. The third-order valence-corrected chi connectivity index (χ3v) is 3.55. The van der Waals surface area contributed by atoms with Crippen LogP contribution in [0.15, 0.2) is 36.4 Å². The van der Waals surface area contributed by atoms with Crippen LogP contribution in [0.1, 0.15) is 37.7 Å². The third kappa shape index (κ3) is 4.52. The minimum absolute atomic E-state index is 0.0123. The topological polar surface area (TPSA) is 49.3 Å². The van der Waals surface area contributed by atoms with Crippen LogP contribution in [-0.2, 0) is 11.4 Å². The highest BCUT2D eigenvalue weighted by Gasteiger charge is 2.10. The van der Waals surface area contributed by atoms with Crippen LogP contribution in [0.4, 0.5) is 5.69 Å². The molecule has 19 heavy (non-hydrogen) atoms. The molecule has 1 aromatic rings. The van der Waals surface area contributed by atoms with Crippen LogP contribution in [0.3, 0.4) is 0 Å². The average molecular weight is 259 g/mol. The van der Waals surface area contributed by atoms with Gasteiger partial charge in [0.25, 0.3) is 0 Å². The summed E-state index contributed by atoms with van der Waals surface area (Å²) >= 11 is 0. The van der Waals surface area contributed by atoms with Crippen molar-refractivity contribution in [2.45, 2.75) is 38.7 Å². The Labute approximate surface area is 114 Å². The number of benzene rings is 1. The van der Waals surface area contributed by atoms with Crippen molar-refractivity contribution < 1.29 is 9.90 Å². The van der Waals surface area contributed by atoms with Gasteiger partial charge in [-0.25, -0.2) is 0 Å². The zero-order chi connectivity index (χ0) is 13.5. The third-order valence-electron chi connectivity index (χ3n) is 3.55. The van der Waals surface area contributed by atoms with Gasteiger partial charge in [-0.15, -0.1) is 0 Å². The maximum atomic E-state index is 11.8. The molecule has 0 aromatic heterocycles. The number of carbonyl (C=O) groups excluding carboxylic acids is 1. The van der Waals surface area contributed by atoms with Gasteiger partial charge in [0.1, 0.15) is 0 Å². The molecule has 1 fully saturated rings. The van der Waals surface area contributed by atoms with E-state index in [1.54, 1.807) is 12.1 Å². The number of rotatable bonds is 4. The molecule has 0 spiro atoms. The Balaban J connectivity index is 1.87. The molecule has 2 rings (SSSR count). The normalized spacial score (nSPS) is 16.7. The molecule has 1 amide bonds. The number of aliphatic hydroxyl groups is 1. The molecule has 0 unspecified atom stereocenters. The Morgan fingerprint density at radius 1 is 1.32 bits per heavy atom. The summed E-state index contributed by atoms with van der Waals surface area (Å²) in [7, 11) is 0. The molecule has 2 N–H and O–H groups in total. The van der Waals surface area contributed by atoms with Crippen molar-refractivity contribution in [3.05, 3.63) is 42.0 Å². The van der Waals surface area contributed by atoms with Gasteiger partial charge in [0.2, 0.25) is 5.91 Å². The highest BCUT2D eigenvalue weighted by atomic mass is 16.3. The Morgan fingerprint density at radius 2 is 2.11 bits per heavy atom. The van der Waals surface area contributed by atoms with Crippen molar-refractivity contribution in [3.8, 4) is 0 Å². The monoisotopic (exact) mass is 259 g/mol. The lowest BCUT2D eigenvalue weighted by atomic mass is 9.89. The van der Waals surface area contributed by atoms with Crippen molar-refractivity contribution in [3.63, 3.8) is 0 Å². The first-order chi connectivity index (χ1) is 9.28. The molecule has 0 radical (unpaired) electrons. The number of amides is 1. The van der Waals surface area contributed by atoms with E-state index in [0.717, 1.165) is 11.3 Å². The van der Waals surface area contributed by atoms with Crippen molar-refractivity contribution >= 4 is 11.6 Å². The fraction of sp³-hybridized carbons (Fsp3) is 0.438. The van der Waals surface area contributed by atoms with Crippen LogP contribution < -0.4 is 5.32 Å². The van der Waals surface area contributed by atoms with Gasteiger partial charge in [-0.1, -0.05) is 37.5 Å². The molecule has 1 aliphatic carbocycles. The van der Waals surface area contributed by atoms with Crippen LogP contribution in [0.25, 0.3) is 0 Å². The maximum Gasteiger partial charge on any atom is 0.248 e. The minimum Gasteiger partial charge on any atom is -0.392 e. The van der Waals surface area contributed by atoms with Crippen molar-refractivity contribution in [1.82, 2.24) is 0 Å². The molecule has 1 aliphatic rings. The summed E-state index contributed by atoms with van der Waals surface area (Å²) < 4.78 is 0. The molecule has 0 saturated heterocycles. The highest BCUT2D eigenvalue weighted by Crippen LogP contribution is 2.24. The molecule has 0 heterocycles. The summed E-state index contributed by atoms with van der Waals surface area (Å²) in [6.07, 6.45) is 9.94. The molecule has 0 atom stereocenters. The molecule has 102 valence electrons. The van der Waals surface area contributed by atoms with E-state index in [-0.39, 0.29) is 12.5 Å². The first-order valence-electron chi connectivity index (χ1n) is 6.97. The van der Waals surface area contributed by atoms with E-state index in [9.17, 15) is 4.79 Å². The summed E-state index contributed by atoms with van der Waals surface area (Å²) in [5, 5.41) is 11.9. The highest BCUT2D eigenvalue weighted by molar-refractivity contribution is 5.99. The van der Waals surface area contributed by atoms with Gasteiger partial charge in [0.05, 0.1) is 6.61 Å².